The number of nitrogens with zero attached hydrogens (tertiary/aromatic N) is 1. The molecule has 1 aromatic rings. The van der Waals surface area contributed by atoms with Crippen LogP contribution in [0.4, 0.5) is 10.5 Å². The fraction of sp³-hybridized carbons (Fsp3) is 0.500. The number of anilines is 1. The van der Waals surface area contributed by atoms with Crippen molar-refractivity contribution in [1.29, 1.82) is 0 Å². The second kappa shape index (κ2) is 5.19. The molecule has 0 aromatic heterocycles. The van der Waals surface area contributed by atoms with E-state index in [4.69, 9.17) is 4.74 Å². The van der Waals surface area contributed by atoms with Gasteiger partial charge in [0.15, 0.2) is 0 Å². The van der Waals surface area contributed by atoms with Gasteiger partial charge in [-0.3, -0.25) is 4.79 Å². The quantitative estimate of drug-likeness (QED) is 0.874. The Morgan fingerprint density at radius 2 is 2.23 bits per heavy atom. The minimum absolute atomic E-state index is 0.0319. The van der Waals surface area contributed by atoms with Crippen LogP contribution in [-0.2, 0) is 10.2 Å². The minimum Gasteiger partial charge on any atom is -0.497 e. The summed E-state index contributed by atoms with van der Waals surface area (Å²) >= 11 is 0. The van der Waals surface area contributed by atoms with Gasteiger partial charge in [0, 0.05) is 24.8 Å². The lowest BCUT2D eigenvalue weighted by atomic mass is 9.81. The van der Waals surface area contributed by atoms with Crippen molar-refractivity contribution in [3.8, 4) is 5.75 Å². The Morgan fingerprint density at radius 1 is 1.45 bits per heavy atom. The maximum atomic E-state index is 12.5. The summed E-state index contributed by atoms with van der Waals surface area (Å²) in [6.45, 7) is 4.82. The van der Waals surface area contributed by atoms with E-state index in [-0.39, 0.29) is 18.0 Å². The Labute approximate surface area is 129 Å². The van der Waals surface area contributed by atoms with E-state index in [1.54, 1.807) is 12.0 Å². The fourth-order valence-corrected chi connectivity index (χ4v) is 3.25. The van der Waals surface area contributed by atoms with Crippen LogP contribution in [-0.4, -0.2) is 43.1 Å². The summed E-state index contributed by atoms with van der Waals surface area (Å²) in [5.74, 6) is 0.690. The number of benzene rings is 1. The van der Waals surface area contributed by atoms with Gasteiger partial charge in [0.05, 0.1) is 12.5 Å². The second-order valence-electron chi connectivity index (χ2n) is 6.22. The molecule has 1 aromatic carbocycles. The highest BCUT2D eigenvalue weighted by Crippen LogP contribution is 2.45. The van der Waals surface area contributed by atoms with Gasteiger partial charge in [0.1, 0.15) is 5.75 Å². The number of fused-ring (bicyclic) bond motifs is 2. The molecule has 1 fully saturated rings. The summed E-state index contributed by atoms with van der Waals surface area (Å²) in [6, 6.07) is 5.55. The van der Waals surface area contributed by atoms with Gasteiger partial charge in [-0.1, -0.05) is 0 Å². The number of likely N-dealkylation sites (tertiary alicyclic amines) is 1. The number of rotatable bonds is 2. The third-order valence-corrected chi connectivity index (χ3v) is 4.39. The van der Waals surface area contributed by atoms with Crippen molar-refractivity contribution in [2.75, 3.05) is 25.5 Å². The Kier molecular flexibility index (Phi) is 3.47. The smallest absolute Gasteiger partial charge is 0.317 e. The Hall–Kier alpha value is -2.24. The second-order valence-corrected chi connectivity index (χ2v) is 6.22. The molecular weight excluding hydrogens is 282 g/mol. The lowest BCUT2D eigenvalue weighted by Crippen LogP contribution is -2.44. The minimum atomic E-state index is -0.655. The van der Waals surface area contributed by atoms with Crippen LogP contribution in [0.15, 0.2) is 18.2 Å². The monoisotopic (exact) mass is 303 g/mol. The molecule has 0 bridgehead atoms. The van der Waals surface area contributed by atoms with Gasteiger partial charge in [0.25, 0.3) is 0 Å². The van der Waals surface area contributed by atoms with E-state index in [1.807, 2.05) is 32.0 Å². The number of ether oxygens (including phenoxy) is 1. The first-order chi connectivity index (χ1) is 10.5. The molecule has 0 radical (unpaired) electrons. The molecule has 22 heavy (non-hydrogen) atoms. The topological polar surface area (TPSA) is 70.7 Å². The fourth-order valence-electron chi connectivity index (χ4n) is 3.25. The van der Waals surface area contributed by atoms with E-state index < -0.39 is 5.41 Å². The van der Waals surface area contributed by atoms with Crippen molar-refractivity contribution < 1.29 is 14.3 Å². The summed E-state index contributed by atoms with van der Waals surface area (Å²) < 4.78 is 5.27. The SMILES string of the molecule is COc1ccc2c(c1)C1(CCN(C(=O)NC(C)C)C1)C(=O)N2. The highest BCUT2D eigenvalue weighted by atomic mass is 16.5. The molecule has 6 nitrogen and oxygen atoms in total. The standard InChI is InChI=1S/C16H21N3O3/c1-10(2)17-15(21)19-7-6-16(9-19)12-8-11(22-3)4-5-13(12)18-14(16)20/h4-5,8,10H,6-7,9H2,1-3H3,(H,17,21)(H,18,20). The molecule has 3 rings (SSSR count). The molecule has 2 aliphatic heterocycles. The van der Waals surface area contributed by atoms with Crippen molar-refractivity contribution in [2.24, 2.45) is 0 Å². The molecule has 1 spiro atoms. The van der Waals surface area contributed by atoms with Gasteiger partial charge in [0.2, 0.25) is 5.91 Å². The molecular formula is C16H21N3O3. The number of amides is 3. The van der Waals surface area contributed by atoms with E-state index in [0.717, 1.165) is 17.0 Å². The summed E-state index contributed by atoms with van der Waals surface area (Å²) in [5, 5.41) is 5.81. The highest BCUT2D eigenvalue weighted by molar-refractivity contribution is 6.07. The third-order valence-electron chi connectivity index (χ3n) is 4.39. The molecule has 118 valence electrons. The van der Waals surface area contributed by atoms with Crippen LogP contribution in [0.3, 0.4) is 0 Å². The van der Waals surface area contributed by atoms with Crippen molar-refractivity contribution in [3.05, 3.63) is 23.8 Å². The highest BCUT2D eigenvalue weighted by Gasteiger charge is 2.52. The van der Waals surface area contributed by atoms with E-state index >= 15 is 0 Å². The number of carbonyl (C=O) groups is 2. The van der Waals surface area contributed by atoms with Crippen LogP contribution < -0.4 is 15.4 Å². The van der Waals surface area contributed by atoms with E-state index in [0.29, 0.717) is 19.5 Å². The molecule has 3 amide bonds. The number of methoxy groups -OCH3 is 1. The zero-order valence-electron chi connectivity index (χ0n) is 13.1. The third kappa shape index (κ3) is 2.19. The average Bonchev–Trinajstić information content (AvgIpc) is 3.03. The largest absolute Gasteiger partial charge is 0.497 e. The van der Waals surface area contributed by atoms with Gasteiger partial charge in [-0.15, -0.1) is 0 Å². The van der Waals surface area contributed by atoms with E-state index in [2.05, 4.69) is 10.6 Å². The van der Waals surface area contributed by atoms with E-state index in [1.165, 1.54) is 0 Å². The number of hydrogen-bond donors (Lipinski definition) is 2. The molecule has 1 saturated heterocycles. The van der Waals surface area contributed by atoms with Gasteiger partial charge in [-0.2, -0.15) is 0 Å². The zero-order valence-corrected chi connectivity index (χ0v) is 13.1. The number of urea groups is 1. The molecule has 6 heteroatoms. The van der Waals surface area contributed by atoms with Crippen LogP contribution >= 0.6 is 0 Å². The molecule has 0 saturated carbocycles. The Bertz CT molecular complexity index is 629. The lowest BCUT2D eigenvalue weighted by molar-refractivity contribution is -0.120. The predicted molar refractivity (Wildman–Crippen MR) is 83.2 cm³/mol. The van der Waals surface area contributed by atoms with Crippen LogP contribution in [0.25, 0.3) is 0 Å². The number of carbonyl (C=O) groups excluding carboxylic acids is 2. The van der Waals surface area contributed by atoms with Crippen LogP contribution in [0.2, 0.25) is 0 Å². The normalized spacial score (nSPS) is 22.9. The molecule has 2 N–H and O–H groups in total. The molecule has 2 aliphatic rings. The summed E-state index contributed by atoms with van der Waals surface area (Å²) in [6.07, 6.45) is 0.629. The number of nitrogens with one attached hydrogen (secondary N) is 2. The van der Waals surface area contributed by atoms with Gasteiger partial charge < -0.3 is 20.3 Å². The lowest BCUT2D eigenvalue weighted by Gasteiger charge is -2.23. The van der Waals surface area contributed by atoms with E-state index in [9.17, 15) is 9.59 Å². The van der Waals surface area contributed by atoms with Crippen LogP contribution in [0.1, 0.15) is 25.8 Å². The van der Waals surface area contributed by atoms with Gasteiger partial charge >= 0.3 is 6.03 Å². The first kappa shape index (κ1) is 14.7. The average molecular weight is 303 g/mol. The van der Waals surface area contributed by atoms with Crippen LogP contribution in [0.5, 0.6) is 5.75 Å². The Balaban J connectivity index is 1.89. The number of hydrogen-bond acceptors (Lipinski definition) is 3. The van der Waals surface area contributed by atoms with Gasteiger partial charge in [-0.05, 0) is 44.0 Å². The van der Waals surface area contributed by atoms with Gasteiger partial charge in [-0.25, -0.2) is 4.79 Å². The van der Waals surface area contributed by atoms with Crippen molar-refractivity contribution in [1.82, 2.24) is 10.2 Å². The van der Waals surface area contributed by atoms with Crippen molar-refractivity contribution in [2.45, 2.75) is 31.7 Å². The maximum absolute atomic E-state index is 12.5. The zero-order chi connectivity index (χ0) is 15.9. The predicted octanol–water partition coefficient (Wildman–Crippen LogP) is 1.71. The first-order valence-corrected chi connectivity index (χ1v) is 7.52. The summed E-state index contributed by atoms with van der Waals surface area (Å²) in [4.78, 5) is 26.4. The Morgan fingerprint density at radius 3 is 2.91 bits per heavy atom. The van der Waals surface area contributed by atoms with Crippen molar-refractivity contribution in [3.63, 3.8) is 0 Å². The van der Waals surface area contributed by atoms with Crippen molar-refractivity contribution >= 4 is 17.6 Å². The molecule has 0 aliphatic carbocycles. The molecule has 1 atom stereocenters. The maximum Gasteiger partial charge on any atom is 0.317 e. The van der Waals surface area contributed by atoms with Crippen LogP contribution in [0, 0.1) is 0 Å². The summed E-state index contributed by atoms with van der Waals surface area (Å²) in [5.41, 5.74) is 1.09. The first-order valence-electron chi connectivity index (χ1n) is 7.52. The molecule has 1 unspecified atom stereocenters. The summed E-state index contributed by atoms with van der Waals surface area (Å²) in [7, 11) is 1.61. The molecule has 2 heterocycles.